The Kier molecular flexibility index (Phi) is 4.59. The van der Waals surface area contributed by atoms with Gasteiger partial charge in [-0.3, -0.25) is 9.59 Å². The van der Waals surface area contributed by atoms with Crippen LogP contribution in [0.1, 0.15) is 26.7 Å². The first-order valence-electron chi connectivity index (χ1n) is 5.90. The Bertz CT molecular complexity index is 331. The van der Waals surface area contributed by atoms with E-state index in [-0.39, 0.29) is 18.4 Å². The molecule has 1 N–H and O–H groups in total. The molecular weight excluding hydrogens is 249 g/mol. The summed E-state index contributed by atoms with van der Waals surface area (Å²) in [6.45, 7) is 2.91. The predicted molar refractivity (Wildman–Crippen MR) is 58.6 cm³/mol. The molecular formula is C11H17F3N2O2. The van der Waals surface area contributed by atoms with Gasteiger partial charge >= 0.3 is 6.18 Å². The van der Waals surface area contributed by atoms with Crippen LogP contribution in [0.3, 0.4) is 0 Å². The van der Waals surface area contributed by atoms with Gasteiger partial charge in [0.1, 0.15) is 6.04 Å². The Morgan fingerprint density at radius 1 is 1.44 bits per heavy atom. The summed E-state index contributed by atoms with van der Waals surface area (Å²) in [5.41, 5.74) is 0. The summed E-state index contributed by atoms with van der Waals surface area (Å²) < 4.78 is 36.6. The fourth-order valence-electron chi connectivity index (χ4n) is 1.97. The largest absolute Gasteiger partial charge is 0.390 e. The highest BCUT2D eigenvalue weighted by Crippen LogP contribution is 2.23. The van der Waals surface area contributed by atoms with E-state index in [9.17, 15) is 22.8 Å². The molecule has 0 radical (unpaired) electrons. The van der Waals surface area contributed by atoms with Gasteiger partial charge in [0.2, 0.25) is 11.8 Å². The van der Waals surface area contributed by atoms with Crippen molar-refractivity contribution in [3.63, 3.8) is 0 Å². The van der Waals surface area contributed by atoms with Crippen LogP contribution < -0.4 is 5.32 Å². The summed E-state index contributed by atoms with van der Waals surface area (Å²) in [5.74, 6) is -0.988. The zero-order valence-electron chi connectivity index (χ0n) is 10.4. The van der Waals surface area contributed by atoms with Crippen LogP contribution in [0, 0.1) is 5.92 Å². The Morgan fingerprint density at radius 3 is 2.56 bits per heavy atom. The highest BCUT2D eigenvalue weighted by molar-refractivity contribution is 5.95. The minimum Gasteiger partial charge on any atom is -0.345 e. The highest BCUT2D eigenvalue weighted by atomic mass is 19.4. The van der Waals surface area contributed by atoms with Gasteiger partial charge in [-0.15, -0.1) is 0 Å². The van der Waals surface area contributed by atoms with E-state index in [4.69, 9.17) is 0 Å². The average molecular weight is 266 g/mol. The maximum Gasteiger partial charge on any atom is 0.390 e. The third kappa shape index (κ3) is 3.61. The number of carbonyl (C=O) groups is 2. The molecule has 7 heteroatoms. The zero-order chi connectivity index (χ0) is 13.9. The van der Waals surface area contributed by atoms with Gasteiger partial charge in [0.25, 0.3) is 0 Å². The molecule has 0 spiro atoms. The molecule has 1 aliphatic heterocycles. The van der Waals surface area contributed by atoms with Crippen LogP contribution in [0.5, 0.6) is 0 Å². The first kappa shape index (κ1) is 14.8. The van der Waals surface area contributed by atoms with Crippen LogP contribution >= 0.6 is 0 Å². The van der Waals surface area contributed by atoms with E-state index < -0.39 is 31.1 Å². The zero-order valence-corrected chi connectivity index (χ0v) is 10.4. The number of hydrogen-bond acceptors (Lipinski definition) is 2. The summed E-state index contributed by atoms with van der Waals surface area (Å²) in [6, 6.07) is -0.793. The molecule has 0 aliphatic carbocycles. The number of alkyl halides is 3. The molecule has 0 aromatic carbocycles. The number of halogens is 3. The summed E-state index contributed by atoms with van der Waals surface area (Å²) in [7, 11) is 0. The van der Waals surface area contributed by atoms with E-state index in [1.165, 1.54) is 0 Å². The van der Waals surface area contributed by atoms with Crippen molar-refractivity contribution in [3.8, 4) is 0 Å². The summed E-state index contributed by atoms with van der Waals surface area (Å²) in [6.07, 6.45) is -4.79. The smallest absolute Gasteiger partial charge is 0.345 e. The molecule has 0 aromatic heterocycles. The van der Waals surface area contributed by atoms with E-state index in [1.807, 2.05) is 6.92 Å². The van der Waals surface area contributed by atoms with Gasteiger partial charge in [0, 0.05) is 6.54 Å². The van der Waals surface area contributed by atoms with E-state index in [0.717, 1.165) is 4.90 Å². The van der Waals surface area contributed by atoms with Crippen LogP contribution in [0.4, 0.5) is 13.2 Å². The number of carbonyl (C=O) groups excluding carboxylic acids is 2. The first-order valence-corrected chi connectivity index (χ1v) is 5.90. The summed E-state index contributed by atoms with van der Waals surface area (Å²) >= 11 is 0. The molecule has 0 aromatic rings. The van der Waals surface area contributed by atoms with E-state index in [0.29, 0.717) is 6.42 Å². The Labute approximate surface area is 104 Å². The van der Waals surface area contributed by atoms with Crippen molar-refractivity contribution in [1.29, 1.82) is 0 Å². The van der Waals surface area contributed by atoms with Crippen molar-refractivity contribution in [2.75, 3.05) is 13.1 Å². The molecule has 2 amide bonds. The Balaban J connectivity index is 2.79. The number of hydrogen-bond donors (Lipinski definition) is 1. The third-order valence-corrected chi connectivity index (χ3v) is 3.16. The van der Waals surface area contributed by atoms with Gasteiger partial charge in [-0.25, -0.2) is 0 Å². The number of nitrogens with zero attached hydrogens (tertiary/aromatic N) is 1. The Morgan fingerprint density at radius 2 is 2.06 bits per heavy atom. The van der Waals surface area contributed by atoms with Gasteiger partial charge in [-0.05, 0) is 5.92 Å². The molecule has 1 rings (SSSR count). The molecule has 1 fully saturated rings. The monoisotopic (exact) mass is 266 g/mol. The standard InChI is InChI=1S/C11H17F3N2O2/c1-3-7(2)9-10(18)15-6-8(17)16(9)5-4-11(12,13)14/h7,9H,3-6H2,1-2H3,(H,15,18). The number of nitrogens with one attached hydrogen (secondary N) is 1. The van der Waals surface area contributed by atoms with Crippen molar-refractivity contribution in [2.45, 2.75) is 38.9 Å². The number of rotatable bonds is 4. The summed E-state index contributed by atoms with van der Waals surface area (Å²) in [5, 5.41) is 2.41. The number of piperazine rings is 1. The summed E-state index contributed by atoms with van der Waals surface area (Å²) in [4.78, 5) is 24.4. The quantitative estimate of drug-likeness (QED) is 0.834. The van der Waals surface area contributed by atoms with Gasteiger partial charge < -0.3 is 10.2 Å². The lowest BCUT2D eigenvalue weighted by Gasteiger charge is -2.38. The first-order chi connectivity index (χ1) is 8.26. The third-order valence-electron chi connectivity index (χ3n) is 3.16. The van der Waals surface area contributed by atoms with E-state index >= 15 is 0 Å². The van der Waals surface area contributed by atoms with Crippen LogP contribution in [-0.4, -0.2) is 42.0 Å². The Hall–Kier alpha value is -1.27. The van der Waals surface area contributed by atoms with Gasteiger partial charge in [-0.2, -0.15) is 13.2 Å². The molecule has 2 atom stereocenters. The van der Waals surface area contributed by atoms with Crippen LogP contribution in [-0.2, 0) is 9.59 Å². The molecule has 0 saturated carbocycles. The van der Waals surface area contributed by atoms with Gasteiger partial charge in [-0.1, -0.05) is 20.3 Å². The fourth-order valence-corrected chi connectivity index (χ4v) is 1.97. The normalized spacial score (nSPS) is 22.9. The highest BCUT2D eigenvalue weighted by Gasteiger charge is 2.39. The molecule has 104 valence electrons. The molecule has 2 unspecified atom stereocenters. The number of amides is 2. The van der Waals surface area contributed by atoms with Crippen molar-refractivity contribution < 1.29 is 22.8 Å². The lowest BCUT2D eigenvalue weighted by atomic mass is 9.95. The second-order valence-corrected chi connectivity index (χ2v) is 4.50. The lowest BCUT2D eigenvalue weighted by Crippen LogP contribution is -2.61. The van der Waals surface area contributed by atoms with Gasteiger partial charge in [0.05, 0.1) is 13.0 Å². The molecule has 0 bridgehead atoms. The second kappa shape index (κ2) is 5.58. The van der Waals surface area contributed by atoms with Crippen LogP contribution in [0.2, 0.25) is 0 Å². The van der Waals surface area contributed by atoms with Crippen molar-refractivity contribution in [1.82, 2.24) is 10.2 Å². The maximum absolute atomic E-state index is 12.2. The fraction of sp³-hybridized carbons (Fsp3) is 0.818. The average Bonchev–Trinajstić information content (AvgIpc) is 2.28. The molecule has 18 heavy (non-hydrogen) atoms. The molecule has 1 aliphatic rings. The minimum absolute atomic E-state index is 0.164. The van der Waals surface area contributed by atoms with Crippen LogP contribution in [0.15, 0.2) is 0 Å². The van der Waals surface area contributed by atoms with Crippen molar-refractivity contribution >= 4 is 11.8 Å². The molecule has 4 nitrogen and oxygen atoms in total. The second-order valence-electron chi connectivity index (χ2n) is 4.50. The molecule has 1 heterocycles. The maximum atomic E-state index is 12.2. The van der Waals surface area contributed by atoms with E-state index in [1.54, 1.807) is 6.92 Å². The SMILES string of the molecule is CCC(C)C1C(=O)NCC(=O)N1CCC(F)(F)F. The van der Waals surface area contributed by atoms with E-state index in [2.05, 4.69) is 5.32 Å². The predicted octanol–water partition coefficient (Wildman–Crippen LogP) is 1.31. The minimum atomic E-state index is -4.33. The lowest BCUT2D eigenvalue weighted by molar-refractivity contribution is -0.157. The van der Waals surface area contributed by atoms with Crippen LogP contribution in [0.25, 0.3) is 0 Å². The van der Waals surface area contributed by atoms with Crippen molar-refractivity contribution in [2.24, 2.45) is 5.92 Å². The van der Waals surface area contributed by atoms with Crippen molar-refractivity contribution in [3.05, 3.63) is 0 Å². The topological polar surface area (TPSA) is 49.4 Å². The molecule has 1 saturated heterocycles. The van der Waals surface area contributed by atoms with Gasteiger partial charge in [0.15, 0.2) is 0 Å².